The van der Waals surface area contributed by atoms with Crippen molar-refractivity contribution in [2.24, 2.45) is 5.73 Å². The zero-order valence-corrected chi connectivity index (χ0v) is 14.4. The smallest absolute Gasteiger partial charge is 0.249 e. The quantitative estimate of drug-likeness (QED) is 0.653. The number of ether oxygens (including phenoxy) is 2. The number of methoxy groups -OCH3 is 1. The van der Waals surface area contributed by atoms with E-state index < -0.39 is 6.10 Å². The van der Waals surface area contributed by atoms with Gasteiger partial charge in [-0.25, -0.2) is 0 Å². The van der Waals surface area contributed by atoms with Crippen molar-refractivity contribution in [3.63, 3.8) is 0 Å². The second kappa shape index (κ2) is 10.1. The maximum absolute atomic E-state index is 11.9. The summed E-state index contributed by atoms with van der Waals surface area (Å²) < 4.78 is 10.5. The summed E-state index contributed by atoms with van der Waals surface area (Å²) in [7, 11) is 1.60. The molecule has 0 radical (unpaired) electrons. The summed E-state index contributed by atoms with van der Waals surface area (Å²) in [6.45, 7) is 0.738. The zero-order chi connectivity index (χ0) is 16.7. The minimum Gasteiger partial charge on any atom is -0.497 e. The van der Waals surface area contributed by atoms with Gasteiger partial charge < -0.3 is 25.8 Å². The molecule has 1 aromatic carbocycles. The molecule has 8 heteroatoms. The van der Waals surface area contributed by atoms with Gasteiger partial charge in [-0.2, -0.15) is 0 Å². The van der Waals surface area contributed by atoms with Crippen LogP contribution in [-0.4, -0.2) is 44.2 Å². The number of rotatable bonds is 7. The molecule has 0 aliphatic carbocycles. The van der Waals surface area contributed by atoms with Gasteiger partial charge in [0.15, 0.2) is 0 Å². The Balaban J connectivity index is 0.00000288. The summed E-state index contributed by atoms with van der Waals surface area (Å²) in [4.78, 5) is 23.7. The third-order valence-electron chi connectivity index (χ3n) is 3.73. The number of carbonyl (C=O) groups is 2. The lowest BCUT2D eigenvalue weighted by Crippen LogP contribution is -2.41. The Morgan fingerprint density at radius 2 is 1.96 bits per heavy atom. The molecule has 2 atom stereocenters. The molecule has 7 nitrogen and oxygen atoms in total. The van der Waals surface area contributed by atoms with Gasteiger partial charge in [-0.15, -0.1) is 12.4 Å². The van der Waals surface area contributed by atoms with Gasteiger partial charge in [0, 0.05) is 13.1 Å². The summed E-state index contributed by atoms with van der Waals surface area (Å²) >= 11 is 0. The minimum atomic E-state index is -0.502. The largest absolute Gasteiger partial charge is 0.497 e. The maximum atomic E-state index is 11.9. The van der Waals surface area contributed by atoms with Gasteiger partial charge >= 0.3 is 0 Å². The molecule has 2 rings (SSSR count). The highest BCUT2D eigenvalue weighted by molar-refractivity contribution is 5.87. The lowest BCUT2D eigenvalue weighted by atomic mass is 10.2. The van der Waals surface area contributed by atoms with Crippen molar-refractivity contribution in [3.8, 4) is 5.75 Å². The Bertz CT molecular complexity index is 539. The van der Waals surface area contributed by atoms with E-state index in [0.717, 1.165) is 17.7 Å². The first-order chi connectivity index (χ1) is 11.1. The van der Waals surface area contributed by atoms with E-state index in [9.17, 15) is 9.59 Å². The van der Waals surface area contributed by atoms with Crippen LogP contribution in [0.15, 0.2) is 24.3 Å². The SMILES string of the molecule is COc1ccc(CNC(=O)CNC(=O)[C@@H]2CC[C@H](CN)O2)cc1.Cl. The number of nitrogens with two attached hydrogens (primary N) is 1. The number of halogens is 1. The number of amides is 2. The molecular formula is C16H24ClN3O4. The molecule has 0 bridgehead atoms. The second-order valence-corrected chi connectivity index (χ2v) is 5.40. The van der Waals surface area contributed by atoms with Crippen LogP contribution in [0, 0.1) is 0 Å². The molecule has 1 heterocycles. The third-order valence-corrected chi connectivity index (χ3v) is 3.73. The number of hydrogen-bond donors (Lipinski definition) is 3. The molecule has 134 valence electrons. The Morgan fingerprint density at radius 3 is 2.54 bits per heavy atom. The van der Waals surface area contributed by atoms with Gasteiger partial charge in [0.05, 0.1) is 19.8 Å². The molecule has 1 aliphatic heterocycles. The first-order valence-corrected chi connectivity index (χ1v) is 7.65. The molecule has 1 fully saturated rings. The van der Waals surface area contributed by atoms with E-state index >= 15 is 0 Å². The van der Waals surface area contributed by atoms with Crippen LogP contribution in [0.25, 0.3) is 0 Å². The normalized spacial score (nSPS) is 19.2. The van der Waals surface area contributed by atoms with Crippen LogP contribution in [0.4, 0.5) is 0 Å². The van der Waals surface area contributed by atoms with Crippen molar-refractivity contribution in [3.05, 3.63) is 29.8 Å². The first-order valence-electron chi connectivity index (χ1n) is 7.65. The molecule has 1 aromatic rings. The molecule has 24 heavy (non-hydrogen) atoms. The van der Waals surface area contributed by atoms with Crippen LogP contribution >= 0.6 is 12.4 Å². The Morgan fingerprint density at radius 1 is 1.25 bits per heavy atom. The van der Waals surface area contributed by atoms with Gasteiger partial charge in [-0.1, -0.05) is 12.1 Å². The van der Waals surface area contributed by atoms with Crippen LogP contribution in [-0.2, 0) is 20.9 Å². The molecule has 0 unspecified atom stereocenters. The average Bonchev–Trinajstić information content (AvgIpc) is 3.07. The van der Waals surface area contributed by atoms with Gasteiger partial charge in [0.25, 0.3) is 0 Å². The fourth-order valence-electron chi connectivity index (χ4n) is 2.36. The summed E-state index contributed by atoms with van der Waals surface area (Å²) in [5.41, 5.74) is 6.46. The van der Waals surface area contributed by atoms with E-state index in [1.54, 1.807) is 7.11 Å². The van der Waals surface area contributed by atoms with Gasteiger partial charge in [0.2, 0.25) is 11.8 Å². The van der Waals surface area contributed by atoms with E-state index in [2.05, 4.69) is 10.6 Å². The number of benzene rings is 1. The lowest BCUT2D eigenvalue weighted by molar-refractivity contribution is -0.133. The summed E-state index contributed by atoms with van der Waals surface area (Å²) in [5, 5.41) is 5.33. The van der Waals surface area contributed by atoms with Crippen molar-refractivity contribution in [2.75, 3.05) is 20.2 Å². The summed E-state index contributed by atoms with van der Waals surface area (Å²) in [6.07, 6.45) is 0.854. The standard InChI is InChI=1S/C16H23N3O4.ClH/c1-22-12-4-2-11(3-5-12)9-18-15(20)10-19-16(21)14-7-6-13(8-17)23-14;/h2-5,13-14H,6-10,17H2,1H3,(H,18,20)(H,19,21);1H/t13-,14+;/m1./s1. The van der Waals surface area contributed by atoms with Crippen LogP contribution in [0.5, 0.6) is 5.75 Å². The van der Waals surface area contributed by atoms with Crippen LogP contribution < -0.4 is 21.1 Å². The van der Waals surface area contributed by atoms with E-state index in [1.807, 2.05) is 24.3 Å². The van der Waals surface area contributed by atoms with E-state index in [4.69, 9.17) is 15.2 Å². The summed E-state index contributed by atoms with van der Waals surface area (Å²) in [6, 6.07) is 7.40. The summed E-state index contributed by atoms with van der Waals surface area (Å²) in [5.74, 6) is 0.253. The fourth-order valence-corrected chi connectivity index (χ4v) is 2.36. The molecule has 1 aliphatic rings. The fraction of sp³-hybridized carbons (Fsp3) is 0.500. The van der Waals surface area contributed by atoms with Crippen LogP contribution in [0.3, 0.4) is 0 Å². The van der Waals surface area contributed by atoms with E-state index in [0.29, 0.717) is 19.5 Å². The first kappa shape index (κ1) is 20.2. The second-order valence-electron chi connectivity index (χ2n) is 5.40. The monoisotopic (exact) mass is 357 g/mol. The van der Waals surface area contributed by atoms with Gasteiger partial charge in [0.1, 0.15) is 11.9 Å². The molecule has 2 amide bonds. The number of hydrogen-bond acceptors (Lipinski definition) is 5. The molecule has 1 saturated heterocycles. The molecular weight excluding hydrogens is 334 g/mol. The maximum Gasteiger partial charge on any atom is 0.249 e. The van der Waals surface area contributed by atoms with Gasteiger partial charge in [-0.3, -0.25) is 9.59 Å². The van der Waals surface area contributed by atoms with E-state index in [1.165, 1.54) is 0 Å². The third kappa shape index (κ3) is 5.99. The van der Waals surface area contributed by atoms with Crippen molar-refractivity contribution in [2.45, 2.75) is 31.6 Å². The molecule has 4 N–H and O–H groups in total. The molecule has 0 aromatic heterocycles. The Kier molecular flexibility index (Phi) is 8.53. The van der Waals surface area contributed by atoms with Crippen molar-refractivity contribution in [1.29, 1.82) is 0 Å². The molecule has 0 saturated carbocycles. The highest BCUT2D eigenvalue weighted by atomic mass is 35.5. The predicted molar refractivity (Wildman–Crippen MR) is 92.0 cm³/mol. The van der Waals surface area contributed by atoms with Crippen molar-refractivity contribution >= 4 is 24.2 Å². The van der Waals surface area contributed by atoms with Crippen molar-refractivity contribution in [1.82, 2.24) is 10.6 Å². The molecule has 0 spiro atoms. The van der Waals surface area contributed by atoms with Crippen LogP contribution in [0.1, 0.15) is 18.4 Å². The van der Waals surface area contributed by atoms with Crippen LogP contribution in [0.2, 0.25) is 0 Å². The van der Waals surface area contributed by atoms with Crippen molar-refractivity contribution < 1.29 is 19.1 Å². The highest BCUT2D eigenvalue weighted by Gasteiger charge is 2.29. The van der Waals surface area contributed by atoms with Gasteiger partial charge in [-0.05, 0) is 30.5 Å². The Hall–Kier alpha value is -1.83. The topological polar surface area (TPSA) is 103 Å². The average molecular weight is 358 g/mol. The Labute approximate surface area is 147 Å². The lowest BCUT2D eigenvalue weighted by Gasteiger charge is -2.12. The minimum absolute atomic E-state index is 0. The zero-order valence-electron chi connectivity index (χ0n) is 13.6. The van der Waals surface area contributed by atoms with E-state index in [-0.39, 0.29) is 36.9 Å². The highest BCUT2D eigenvalue weighted by Crippen LogP contribution is 2.18. The predicted octanol–water partition coefficient (Wildman–Crippen LogP) is 0.356. The number of nitrogens with one attached hydrogen (secondary N) is 2. The number of carbonyl (C=O) groups excluding carboxylic acids is 2.